The Morgan fingerprint density at radius 3 is 2.95 bits per heavy atom. The minimum absolute atomic E-state index is 0.0156. The predicted octanol–water partition coefficient (Wildman–Crippen LogP) is 3.40. The van der Waals surface area contributed by atoms with Crippen LogP contribution >= 0.6 is 15.9 Å². The Kier molecular flexibility index (Phi) is 5.61. The van der Waals surface area contributed by atoms with Crippen LogP contribution in [0.1, 0.15) is 44.7 Å². The molecular weight excluding hydrogens is 316 g/mol. The molecule has 0 aromatic heterocycles. The fraction of sp³-hybridized carbons (Fsp3) is 0.562. The van der Waals surface area contributed by atoms with Gasteiger partial charge < -0.3 is 10.6 Å². The van der Waals surface area contributed by atoms with Crippen molar-refractivity contribution in [3.8, 4) is 0 Å². The van der Waals surface area contributed by atoms with E-state index in [1.807, 2.05) is 31.2 Å². The van der Waals surface area contributed by atoms with E-state index in [2.05, 4.69) is 33.5 Å². The van der Waals surface area contributed by atoms with Gasteiger partial charge in [-0.25, -0.2) is 0 Å². The summed E-state index contributed by atoms with van der Waals surface area (Å²) in [4.78, 5) is 12.4. The van der Waals surface area contributed by atoms with Gasteiger partial charge in [-0.2, -0.15) is 0 Å². The Balaban J connectivity index is 1.95. The van der Waals surface area contributed by atoms with Gasteiger partial charge in [0.2, 0.25) is 5.91 Å². The fourth-order valence-electron chi connectivity index (χ4n) is 2.78. The predicted molar refractivity (Wildman–Crippen MR) is 85.5 cm³/mol. The second-order valence-electron chi connectivity index (χ2n) is 5.56. The molecule has 1 heterocycles. The molecular formula is C16H23BrN2O. The molecule has 3 nitrogen and oxygen atoms in total. The van der Waals surface area contributed by atoms with Gasteiger partial charge in [-0.3, -0.25) is 4.79 Å². The van der Waals surface area contributed by atoms with Crippen LogP contribution in [0.3, 0.4) is 0 Å². The molecule has 1 aliphatic rings. The zero-order chi connectivity index (χ0) is 14.5. The summed E-state index contributed by atoms with van der Waals surface area (Å²) < 4.78 is 1.04. The summed E-state index contributed by atoms with van der Waals surface area (Å²) in [6, 6.07) is 7.99. The number of rotatable bonds is 4. The highest BCUT2D eigenvalue weighted by molar-refractivity contribution is 9.10. The molecule has 1 aromatic rings. The molecule has 3 unspecified atom stereocenters. The first kappa shape index (κ1) is 15.5. The number of nitrogens with one attached hydrogen (secondary N) is 2. The lowest BCUT2D eigenvalue weighted by atomic mass is 9.90. The first-order valence-corrected chi connectivity index (χ1v) is 8.19. The molecule has 3 atom stereocenters. The molecule has 20 heavy (non-hydrogen) atoms. The van der Waals surface area contributed by atoms with Crippen molar-refractivity contribution in [2.45, 2.75) is 45.2 Å². The lowest BCUT2D eigenvalue weighted by Gasteiger charge is -2.30. The number of halogens is 1. The van der Waals surface area contributed by atoms with Crippen LogP contribution in [0.5, 0.6) is 0 Å². The molecule has 110 valence electrons. The molecule has 1 saturated heterocycles. The van der Waals surface area contributed by atoms with E-state index in [9.17, 15) is 4.79 Å². The molecule has 0 bridgehead atoms. The maximum absolute atomic E-state index is 12.4. The van der Waals surface area contributed by atoms with E-state index in [-0.39, 0.29) is 18.0 Å². The third-order valence-corrected chi connectivity index (χ3v) is 4.86. The summed E-state index contributed by atoms with van der Waals surface area (Å²) in [6.45, 7) is 5.17. The first-order chi connectivity index (χ1) is 9.61. The van der Waals surface area contributed by atoms with Gasteiger partial charge in [-0.05, 0) is 43.9 Å². The minimum Gasteiger partial charge on any atom is -0.348 e. The van der Waals surface area contributed by atoms with E-state index >= 15 is 0 Å². The average molecular weight is 339 g/mol. The van der Waals surface area contributed by atoms with Gasteiger partial charge >= 0.3 is 0 Å². The fourth-order valence-corrected chi connectivity index (χ4v) is 3.41. The molecule has 1 aliphatic heterocycles. The van der Waals surface area contributed by atoms with Crippen molar-refractivity contribution in [2.24, 2.45) is 5.92 Å². The lowest BCUT2D eigenvalue weighted by molar-refractivity contribution is -0.124. The van der Waals surface area contributed by atoms with Crippen LogP contribution in [0, 0.1) is 5.92 Å². The highest BCUT2D eigenvalue weighted by Gasteiger charge is 2.26. The standard InChI is InChI=1S/C16H23BrN2O/c1-3-12-8-9-18-15(10-12)16(20)19-11(2)13-6-4-5-7-14(13)17/h4-7,11-12,15,18H,3,8-10H2,1-2H3,(H,19,20). The molecule has 1 amide bonds. The average Bonchev–Trinajstić information content (AvgIpc) is 2.47. The summed E-state index contributed by atoms with van der Waals surface area (Å²) in [5.41, 5.74) is 1.11. The van der Waals surface area contributed by atoms with Gasteiger partial charge in [0.15, 0.2) is 0 Å². The van der Waals surface area contributed by atoms with Crippen LogP contribution in [0.25, 0.3) is 0 Å². The van der Waals surface area contributed by atoms with Crippen LogP contribution in [0.2, 0.25) is 0 Å². The SMILES string of the molecule is CCC1CCNC(C(=O)NC(C)c2ccccc2Br)C1. The van der Waals surface area contributed by atoms with Crippen molar-refractivity contribution < 1.29 is 4.79 Å². The summed E-state index contributed by atoms with van der Waals surface area (Å²) >= 11 is 3.54. The molecule has 4 heteroatoms. The first-order valence-electron chi connectivity index (χ1n) is 7.40. The second kappa shape index (κ2) is 7.23. The number of amides is 1. The van der Waals surface area contributed by atoms with Crippen molar-refractivity contribution in [3.63, 3.8) is 0 Å². The van der Waals surface area contributed by atoms with Crippen molar-refractivity contribution in [3.05, 3.63) is 34.3 Å². The number of carbonyl (C=O) groups is 1. The largest absolute Gasteiger partial charge is 0.348 e. The highest BCUT2D eigenvalue weighted by atomic mass is 79.9. The van der Waals surface area contributed by atoms with Crippen molar-refractivity contribution in [1.82, 2.24) is 10.6 Å². The number of hydrogen-bond donors (Lipinski definition) is 2. The van der Waals surface area contributed by atoms with Crippen molar-refractivity contribution >= 4 is 21.8 Å². The topological polar surface area (TPSA) is 41.1 Å². The monoisotopic (exact) mass is 338 g/mol. The van der Waals surface area contributed by atoms with E-state index in [1.165, 1.54) is 6.42 Å². The second-order valence-corrected chi connectivity index (χ2v) is 6.41. The van der Waals surface area contributed by atoms with Gasteiger partial charge in [-0.15, -0.1) is 0 Å². The smallest absolute Gasteiger partial charge is 0.237 e. The zero-order valence-electron chi connectivity index (χ0n) is 12.2. The van der Waals surface area contributed by atoms with Crippen LogP contribution in [0.15, 0.2) is 28.7 Å². The third kappa shape index (κ3) is 3.83. The molecule has 2 rings (SSSR count). The molecule has 2 N–H and O–H groups in total. The number of piperidine rings is 1. The molecule has 1 aromatic carbocycles. The Hall–Kier alpha value is -0.870. The Morgan fingerprint density at radius 2 is 2.25 bits per heavy atom. The number of hydrogen-bond acceptors (Lipinski definition) is 2. The molecule has 0 saturated carbocycles. The van der Waals surface area contributed by atoms with Gasteiger partial charge in [-0.1, -0.05) is 47.5 Å². The van der Waals surface area contributed by atoms with Crippen molar-refractivity contribution in [2.75, 3.05) is 6.54 Å². The van der Waals surface area contributed by atoms with Crippen LogP contribution in [-0.4, -0.2) is 18.5 Å². The maximum Gasteiger partial charge on any atom is 0.237 e. The number of benzene rings is 1. The normalized spacial score (nSPS) is 24.1. The van der Waals surface area contributed by atoms with Crippen LogP contribution in [0.4, 0.5) is 0 Å². The molecule has 0 spiro atoms. The minimum atomic E-state index is -0.0429. The third-order valence-electron chi connectivity index (χ3n) is 4.14. The Bertz CT molecular complexity index is 464. The van der Waals surface area contributed by atoms with E-state index in [4.69, 9.17) is 0 Å². The summed E-state index contributed by atoms with van der Waals surface area (Å²) in [5.74, 6) is 0.789. The summed E-state index contributed by atoms with van der Waals surface area (Å²) in [5, 5.41) is 6.45. The molecule has 1 fully saturated rings. The van der Waals surface area contributed by atoms with Crippen LogP contribution < -0.4 is 10.6 Å². The van der Waals surface area contributed by atoms with Crippen molar-refractivity contribution in [1.29, 1.82) is 0 Å². The molecule has 0 radical (unpaired) electrons. The maximum atomic E-state index is 12.4. The van der Waals surface area contributed by atoms with E-state index in [1.54, 1.807) is 0 Å². The number of carbonyl (C=O) groups excluding carboxylic acids is 1. The van der Waals surface area contributed by atoms with E-state index in [0.29, 0.717) is 5.92 Å². The lowest BCUT2D eigenvalue weighted by Crippen LogP contribution is -2.49. The van der Waals surface area contributed by atoms with Gasteiger partial charge in [0, 0.05) is 4.47 Å². The van der Waals surface area contributed by atoms with E-state index < -0.39 is 0 Å². The highest BCUT2D eigenvalue weighted by Crippen LogP contribution is 2.24. The quantitative estimate of drug-likeness (QED) is 0.883. The van der Waals surface area contributed by atoms with Gasteiger partial charge in [0.1, 0.15) is 0 Å². The van der Waals surface area contributed by atoms with E-state index in [0.717, 1.165) is 29.4 Å². The summed E-state index contributed by atoms with van der Waals surface area (Å²) in [6.07, 6.45) is 3.29. The van der Waals surface area contributed by atoms with Crippen LogP contribution in [-0.2, 0) is 4.79 Å². The molecule has 0 aliphatic carbocycles. The zero-order valence-corrected chi connectivity index (χ0v) is 13.7. The Labute approximate surface area is 129 Å². The summed E-state index contributed by atoms with van der Waals surface area (Å²) in [7, 11) is 0. The van der Waals surface area contributed by atoms with Gasteiger partial charge in [0.05, 0.1) is 12.1 Å². The van der Waals surface area contributed by atoms with Gasteiger partial charge in [0.25, 0.3) is 0 Å². The Morgan fingerprint density at radius 1 is 1.50 bits per heavy atom.